The van der Waals surface area contributed by atoms with Gasteiger partial charge in [-0.1, -0.05) is 13.8 Å². The van der Waals surface area contributed by atoms with E-state index in [2.05, 4.69) is 26.1 Å². The van der Waals surface area contributed by atoms with Gasteiger partial charge in [0.1, 0.15) is 0 Å². The summed E-state index contributed by atoms with van der Waals surface area (Å²) in [5.41, 5.74) is 5.00. The van der Waals surface area contributed by atoms with Gasteiger partial charge in [0.25, 0.3) is 0 Å². The van der Waals surface area contributed by atoms with Crippen molar-refractivity contribution in [3.63, 3.8) is 0 Å². The minimum Gasteiger partial charge on any atom is -0.370 e. The molecular formula is C9H20N2O. The van der Waals surface area contributed by atoms with E-state index in [0.29, 0.717) is 24.9 Å². The van der Waals surface area contributed by atoms with E-state index in [1.165, 1.54) is 0 Å². The summed E-state index contributed by atoms with van der Waals surface area (Å²) in [6, 6.07) is 0.476. The van der Waals surface area contributed by atoms with E-state index >= 15 is 0 Å². The summed E-state index contributed by atoms with van der Waals surface area (Å²) < 4.78 is 0. The first-order valence-corrected chi connectivity index (χ1v) is 4.54. The molecule has 0 heterocycles. The molecule has 3 N–H and O–H groups in total. The van der Waals surface area contributed by atoms with Gasteiger partial charge >= 0.3 is 0 Å². The van der Waals surface area contributed by atoms with Crippen LogP contribution in [-0.2, 0) is 4.79 Å². The summed E-state index contributed by atoms with van der Waals surface area (Å²) in [4.78, 5) is 10.4. The van der Waals surface area contributed by atoms with Crippen molar-refractivity contribution in [2.24, 2.45) is 11.7 Å². The smallest absolute Gasteiger partial charge is 0.218 e. The lowest BCUT2D eigenvalue weighted by Crippen LogP contribution is -2.30. The average Bonchev–Trinajstić information content (AvgIpc) is 1.84. The minimum atomic E-state index is -0.237. The topological polar surface area (TPSA) is 55.1 Å². The lowest BCUT2D eigenvalue weighted by atomic mass is 10.1. The van der Waals surface area contributed by atoms with Crippen LogP contribution in [0.25, 0.3) is 0 Å². The highest BCUT2D eigenvalue weighted by atomic mass is 16.1. The molecule has 3 heteroatoms. The van der Waals surface area contributed by atoms with Gasteiger partial charge in [-0.2, -0.15) is 0 Å². The fraction of sp³-hybridized carbons (Fsp3) is 0.889. The van der Waals surface area contributed by atoms with E-state index in [1.54, 1.807) is 0 Å². The van der Waals surface area contributed by atoms with Gasteiger partial charge in [-0.05, 0) is 19.3 Å². The molecule has 1 amide bonds. The third-order valence-corrected chi connectivity index (χ3v) is 1.69. The van der Waals surface area contributed by atoms with E-state index in [1.807, 2.05) is 0 Å². The van der Waals surface area contributed by atoms with Crippen LogP contribution in [0.5, 0.6) is 0 Å². The summed E-state index contributed by atoms with van der Waals surface area (Å²) in [6.07, 6.45) is 1.57. The zero-order valence-electron chi connectivity index (χ0n) is 8.26. The van der Waals surface area contributed by atoms with Crippen molar-refractivity contribution in [3.8, 4) is 0 Å². The summed E-state index contributed by atoms with van der Waals surface area (Å²) in [6.45, 7) is 7.20. The Kier molecular flexibility index (Phi) is 5.72. The highest BCUT2D eigenvalue weighted by molar-refractivity contribution is 5.73. The first-order chi connectivity index (χ1) is 5.52. The van der Waals surface area contributed by atoms with Crippen molar-refractivity contribution in [1.29, 1.82) is 0 Å². The van der Waals surface area contributed by atoms with Gasteiger partial charge in [0, 0.05) is 19.0 Å². The van der Waals surface area contributed by atoms with E-state index < -0.39 is 0 Å². The molecule has 3 nitrogen and oxygen atoms in total. The molecule has 0 bridgehead atoms. The normalized spacial score (nSPS) is 13.3. The molecule has 12 heavy (non-hydrogen) atoms. The van der Waals surface area contributed by atoms with Crippen molar-refractivity contribution in [3.05, 3.63) is 0 Å². The zero-order chi connectivity index (χ0) is 9.56. The quantitative estimate of drug-likeness (QED) is 0.625. The first kappa shape index (κ1) is 11.4. The van der Waals surface area contributed by atoms with Crippen LogP contribution < -0.4 is 11.1 Å². The van der Waals surface area contributed by atoms with Crippen LogP contribution in [0.15, 0.2) is 0 Å². The Balaban J connectivity index is 3.31. The highest BCUT2D eigenvalue weighted by Gasteiger charge is 2.03. The summed E-state index contributed by atoms with van der Waals surface area (Å²) in [5.74, 6) is 0.459. The molecule has 0 spiro atoms. The molecule has 0 aliphatic rings. The van der Waals surface area contributed by atoms with E-state index in [9.17, 15) is 4.79 Å². The standard InChI is InChI=1S/C9H20N2O/c1-7(2)6-8(3)11-5-4-9(10)12/h7-8,11H,4-6H2,1-3H3,(H2,10,12). The molecule has 0 rings (SSSR count). The van der Waals surface area contributed by atoms with E-state index in [0.717, 1.165) is 6.42 Å². The Morgan fingerprint density at radius 1 is 1.42 bits per heavy atom. The number of hydrogen-bond donors (Lipinski definition) is 2. The third kappa shape index (κ3) is 7.54. The number of amides is 1. The van der Waals surface area contributed by atoms with Crippen LogP contribution in [0.3, 0.4) is 0 Å². The lowest BCUT2D eigenvalue weighted by molar-refractivity contribution is -0.117. The third-order valence-electron chi connectivity index (χ3n) is 1.69. The van der Waals surface area contributed by atoms with Gasteiger partial charge in [0.2, 0.25) is 5.91 Å². The number of primary amides is 1. The second-order valence-corrected chi connectivity index (χ2v) is 3.70. The van der Waals surface area contributed by atoms with Gasteiger partial charge in [0.15, 0.2) is 0 Å². The molecule has 0 aromatic carbocycles. The predicted molar refractivity (Wildman–Crippen MR) is 50.7 cm³/mol. The number of rotatable bonds is 6. The molecule has 0 fully saturated rings. The van der Waals surface area contributed by atoms with Crippen molar-refractivity contribution in [2.45, 2.75) is 39.7 Å². The molecule has 1 unspecified atom stereocenters. The number of carbonyl (C=O) groups is 1. The summed E-state index contributed by atoms with van der Waals surface area (Å²) in [7, 11) is 0. The average molecular weight is 172 g/mol. The number of carbonyl (C=O) groups excluding carboxylic acids is 1. The Labute approximate surface area is 74.7 Å². The molecule has 1 atom stereocenters. The Morgan fingerprint density at radius 2 is 2.00 bits per heavy atom. The zero-order valence-corrected chi connectivity index (χ0v) is 8.26. The molecule has 0 radical (unpaired) electrons. The molecule has 0 aliphatic heterocycles. The maximum atomic E-state index is 10.4. The van der Waals surface area contributed by atoms with Crippen LogP contribution in [0.4, 0.5) is 0 Å². The number of nitrogens with one attached hydrogen (secondary N) is 1. The second-order valence-electron chi connectivity index (χ2n) is 3.70. The minimum absolute atomic E-state index is 0.237. The first-order valence-electron chi connectivity index (χ1n) is 4.54. The van der Waals surface area contributed by atoms with Crippen molar-refractivity contribution in [1.82, 2.24) is 5.32 Å². The number of hydrogen-bond acceptors (Lipinski definition) is 2. The Bertz CT molecular complexity index is 134. The van der Waals surface area contributed by atoms with Crippen LogP contribution in [-0.4, -0.2) is 18.5 Å². The Hall–Kier alpha value is -0.570. The summed E-state index contributed by atoms with van der Waals surface area (Å²) >= 11 is 0. The van der Waals surface area contributed by atoms with Crippen molar-refractivity contribution < 1.29 is 4.79 Å². The largest absolute Gasteiger partial charge is 0.370 e. The second kappa shape index (κ2) is 6.00. The predicted octanol–water partition coefficient (Wildman–Crippen LogP) is 0.886. The fourth-order valence-corrected chi connectivity index (χ4v) is 1.23. The lowest BCUT2D eigenvalue weighted by Gasteiger charge is -2.14. The highest BCUT2D eigenvalue weighted by Crippen LogP contribution is 2.03. The molecule has 0 aromatic rings. The number of nitrogens with two attached hydrogens (primary N) is 1. The summed E-state index contributed by atoms with van der Waals surface area (Å²) in [5, 5.41) is 3.24. The molecule has 0 aliphatic carbocycles. The van der Waals surface area contributed by atoms with Crippen molar-refractivity contribution in [2.75, 3.05) is 6.54 Å². The molecule has 0 saturated carbocycles. The van der Waals surface area contributed by atoms with Crippen LogP contribution >= 0.6 is 0 Å². The van der Waals surface area contributed by atoms with Crippen LogP contribution in [0, 0.1) is 5.92 Å². The van der Waals surface area contributed by atoms with Gasteiger partial charge < -0.3 is 11.1 Å². The van der Waals surface area contributed by atoms with Gasteiger partial charge in [-0.25, -0.2) is 0 Å². The van der Waals surface area contributed by atoms with Gasteiger partial charge in [0.05, 0.1) is 0 Å². The molecular weight excluding hydrogens is 152 g/mol. The molecule has 72 valence electrons. The van der Waals surface area contributed by atoms with Crippen LogP contribution in [0.2, 0.25) is 0 Å². The van der Waals surface area contributed by atoms with E-state index in [4.69, 9.17) is 5.73 Å². The van der Waals surface area contributed by atoms with Gasteiger partial charge in [-0.15, -0.1) is 0 Å². The fourth-order valence-electron chi connectivity index (χ4n) is 1.23. The molecule has 0 aromatic heterocycles. The SMILES string of the molecule is CC(C)CC(C)NCCC(N)=O. The maximum absolute atomic E-state index is 10.4. The van der Waals surface area contributed by atoms with E-state index in [-0.39, 0.29) is 5.91 Å². The van der Waals surface area contributed by atoms with Crippen LogP contribution in [0.1, 0.15) is 33.6 Å². The monoisotopic (exact) mass is 172 g/mol. The Morgan fingerprint density at radius 3 is 2.42 bits per heavy atom. The maximum Gasteiger partial charge on any atom is 0.218 e. The van der Waals surface area contributed by atoms with Crippen molar-refractivity contribution >= 4 is 5.91 Å². The molecule has 0 saturated heterocycles. The van der Waals surface area contributed by atoms with Gasteiger partial charge in [-0.3, -0.25) is 4.79 Å².